The lowest BCUT2D eigenvalue weighted by Crippen LogP contribution is -2.19. The van der Waals surface area contributed by atoms with Gasteiger partial charge in [-0.1, -0.05) is 12.1 Å². The molecule has 2 aromatic carbocycles. The molecule has 1 aliphatic rings. The summed E-state index contributed by atoms with van der Waals surface area (Å²) in [7, 11) is 0. The van der Waals surface area contributed by atoms with Crippen LogP contribution in [0.3, 0.4) is 0 Å². The average Bonchev–Trinajstić information content (AvgIpc) is 3.35. The summed E-state index contributed by atoms with van der Waals surface area (Å²) >= 11 is 1.39. The summed E-state index contributed by atoms with van der Waals surface area (Å²) in [6.07, 6.45) is 0.912. The zero-order valence-electron chi connectivity index (χ0n) is 15.3. The molecule has 0 unspecified atom stereocenters. The topological polar surface area (TPSA) is 80.3 Å². The van der Waals surface area contributed by atoms with Crippen LogP contribution in [0.5, 0.6) is 5.75 Å². The van der Waals surface area contributed by atoms with Gasteiger partial charge in [-0.15, -0.1) is 11.3 Å². The SMILES string of the molecule is CC(=O)NCc1ccc(C(=O)Nc2nc(-c3ccc4c(c3)CCO4)cs2)cc1. The molecule has 1 aromatic heterocycles. The van der Waals surface area contributed by atoms with Crippen molar-refractivity contribution in [3.8, 4) is 17.0 Å². The van der Waals surface area contributed by atoms with Crippen LogP contribution in [0.4, 0.5) is 5.13 Å². The highest BCUT2D eigenvalue weighted by atomic mass is 32.1. The Bertz CT molecular complexity index is 1030. The third-order valence-corrected chi connectivity index (χ3v) is 5.23. The van der Waals surface area contributed by atoms with Gasteiger partial charge in [-0.3, -0.25) is 14.9 Å². The van der Waals surface area contributed by atoms with Crippen LogP contribution in [-0.2, 0) is 17.8 Å². The summed E-state index contributed by atoms with van der Waals surface area (Å²) in [4.78, 5) is 28.0. The van der Waals surface area contributed by atoms with E-state index in [0.717, 1.165) is 35.6 Å². The van der Waals surface area contributed by atoms with E-state index in [1.807, 2.05) is 29.6 Å². The summed E-state index contributed by atoms with van der Waals surface area (Å²) in [6.45, 7) is 2.64. The molecule has 28 heavy (non-hydrogen) atoms. The van der Waals surface area contributed by atoms with E-state index in [0.29, 0.717) is 17.2 Å². The van der Waals surface area contributed by atoms with Crippen LogP contribution in [-0.4, -0.2) is 23.4 Å². The van der Waals surface area contributed by atoms with Crippen molar-refractivity contribution in [2.24, 2.45) is 0 Å². The van der Waals surface area contributed by atoms with Crippen LogP contribution in [0.1, 0.15) is 28.4 Å². The average molecular weight is 393 g/mol. The van der Waals surface area contributed by atoms with E-state index < -0.39 is 0 Å². The molecule has 0 spiro atoms. The predicted molar refractivity (Wildman–Crippen MR) is 109 cm³/mol. The van der Waals surface area contributed by atoms with E-state index in [1.165, 1.54) is 23.8 Å². The van der Waals surface area contributed by atoms with Gasteiger partial charge < -0.3 is 10.1 Å². The molecule has 0 atom stereocenters. The molecule has 0 saturated heterocycles. The maximum absolute atomic E-state index is 12.5. The summed E-state index contributed by atoms with van der Waals surface area (Å²) < 4.78 is 5.54. The fourth-order valence-corrected chi connectivity index (χ4v) is 3.69. The van der Waals surface area contributed by atoms with Crippen LogP contribution >= 0.6 is 11.3 Å². The maximum Gasteiger partial charge on any atom is 0.257 e. The van der Waals surface area contributed by atoms with E-state index in [-0.39, 0.29) is 11.8 Å². The number of nitrogens with one attached hydrogen (secondary N) is 2. The van der Waals surface area contributed by atoms with Crippen molar-refractivity contribution in [1.29, 1.82) is 0 Å². The van der Waals surface area contributed by atoms with Crippen LogP contribution in [0.15, 0.2) is 47.8 Å². The van der Waals surface area contributed by atoms with Crippen molar-refractivity contribution in [2.75, 3.05) is 11.9 Å². The highest BCUT2D eigenvalue weighted by Gasteiger charge is 2.15. The van der Waals surface area contributed by atoms with Gasteiger partial charge in [-0.25, -0.2) is 4.98 Å². The molecule has 6 nitrogen and oxygen atoms in total. The fraction of sp³-hybridized carbons (Fsp3) is 0.190. The van der Waals surface area contributed by atoms with Crippen molar-refractivity contribution in [3.05, 3.63) is 64.5 Å². The number of anilines is 1. The monoisotopic (exact) mass is 393 g/mol. The Morgan fingerprint density at radius 1 is 1.18 bits per heavy atom. The van der Waals surface area contributed by atoms with E-state index >= 15 is 0 Å². The minimum atomic E-state index is -0.214. The third-order valence-electron chi connectivity index (χ3n) is 4.47. The Morgan fingerprint density at radius 3 is 2.79 bits per heavy atom. The number of amides is 2. The zero-order chi connectivity index (χ0) is 19.5. The maximum atomic E-state index is 12.5. The van der Waals surface area contributed by atoms with Gasteiger partial charge in [-0.05, 0) is 41.5 Å². The van der Waals surface area contributed by atoms with E-state index in [2.05, 4.69) is 21.7 Å². The predicted octanol–water partition coefficient (Wildman–Crippen LogP) is 3.63. The molecular formula is C21H19N3O3S. The molecular weight excluding hydrogens is 374 g/mol. The number of ether oxygens (including phenoxy) is 1. The lowest BCUT2D eigenvalue weighted by Gasteiger charge is -2.05. The minimum absolute atomic E-state index is 0.0858. The standard InChI is InChI=1S/C21H19N3O3S/c1-13(25)22-11-14-2-4-15(5-3-14)20(26)24-21-23-18(12-28-21)16-6-7-19-17(10-16)8-9-27-19/h2-7,10,12H,8-9,11H2,1H3,(H,22,25)(H,23,24,26). The first-order valence-corrected chi connectivity index (χ1v) is 9.83. The van der Waals surface area contributed by atoms with E-state index in [1.54, 1.807) is 12.1 Å². The normalized spacial score (nSPS) is 12.2. The van der Waals surface area contributed by atoms with Crippen molar-refractivity contribution in [3.63, 3.8) is 0 Å². The number of rotatable bonds is 5. The number of carbonyl (C=O) groups excluding carboxylic acids is 2. The molecule has 1 aliphatic heterocycles. The van der Waals surface area contributed by atoms with E-state index in [9.17, 15) is 9.59 Å². The smallest absolute Gasteiger partial charge is 0.257 e. The van der Waals surface area contributed by atoms with Gasteiger partial charge >= 0.3 is 0 Å². The fourth-order valence-electron chi connectivity index (χ4n) is 2.98. The Labute approximate surface area is 166 Å². The van der Waals surface area contributed by atoms with Gasteiger partial charge in [0.15, 0.2) is 5.13 Å². The molecule has 2 heterocycles. The number of hydrogen-bond donors (Lipinski definition) is 2. The van der Waals surface area contributed by atoms with Gasteiger partial charge in [0, 0.05) is 36.4 Å². The van der Waals surface area contributed by atoms with Crippen LogP contribution in [0.2, 0.25) is 0 Å². The molecule has 0 bridgehead atoms. The van der Waals surface area contributed by atoms with Crippen LogP contribution in [0, 0.1) is 0 Å². The number of fused-ring (bicyclic) bond motifs is 1. The molecule has 0 aliphatic carbocycles. The van der Waals surface area contributed by atoms with Gasteiger partial charge in [-0.2, -0.15) is 0 Å². The largest absolute Gasteiger partial charge is 0.493 e. The molecule has 0 saturated carbocycles. The Hall–Kier alpha value is -3.19. The first-order valence-electron chi connectivity index (χ1n) is 8.95. The van der Waals surface area contributed by atoms with Gasteiger partial charge in [0.25, 0.3) is 5.91 Å². The number of thiazole rings is 1. The second kappa shape index (κ2) is 7.82. The van der Waals surface area contributed by atoms with Crippen molar-refractivity contribution < 1.29 is 14.3 Å². The minimum Gasteiger partial charge on any atom is -0.493 e. The lowest BCUT2D eigenvalue weighted by atomic mass is 10.1. The quantitative estimate of drug-likeness (QED) is 0.694. The highest BCUT2D eigenvalue weighted by Crippen LogP contribution is 2.32. The number of carbonyl (C=O) groups is 2. The number of benzene rings is 2. The number of aromatic nitrogens is 1. The van der Waals surface area contributed by atoms with Crippen molar-refractivity contribution in [1.82, 2.24) is 10.3 Å². The Balaban J connectivity index is 1.42. The van der Waals surface area contributed by atoms with E-state index in [4.69, 9.17) is 4.74 Å². The van der Waals surface area contributed by atoms with Crippen molar-refractivity contribution in [2.45, 2.75) is 19.9 Å². The van der Waals surface area contributed by atoms with Gasteiger partial charge in [0.1, 0.15) is 5.75 Å². The lowest BCUT2D eigenvalue weighted by molar-refractivity contribution is -0.119. The summed E-state index contributed by atoms with van der Waals surface area (Å²) in [5.41, 5.74) is 4.52. The molecule has 3 aromatic rings. The molecule has 142 valence electrons. The van der Waals surface area contributed by atoms with Crippen LogP contribution < -0.4 is 15.4 Å². The molecule has 2 amide bonds. The van der Waals surface area contributed by atoms with Gasteiger partial charge in [0.2, 0.25) is 5.91 Å². The van der Waals surface area contributed by atoms with Crippen LogP contribution in [0.25, 0.3) is 11.3 Å². The summed E-state index contributed by atoms with van der Waals surface area (Å²) in [6, 6.07) is 13.2. The second-order valence-corrected chi connectivity index (χ2v) is 7.38. The molecule has 4 rings (SSSR count). The Morgan fingerprint density at radius 2 is 2.00 bits per heavy atom. The zero-order valence-corrected chi connectivity index (χ0v) is 16.1. The first-order chi connectivity index (χ1) is 13.6. The Kier molecular flexibility index (Phi) is 5.08. The van der Waals surface area contributed by atoms with Crippen molar-refractivity contribution >= 4 is 28.3 Å². The third kappa shape index (κ3) is 4.04. The summed E-state index contributed by atoms with van der Waals surface area (Å²) in [5, 5.41) is 8.06. The molecule has 0 radical (unpaired) electrons. The van der Waals surface area contributed by atoms with Gasteiger partial charge in [0.05, 0.1) is 12.3 Å². The highest BCUT2D eigenvalue weighted by molar-refractivity contribution is 7.14. The number of hydrogen-bond acceptors (Lipinski definition) is 5. The summed E-state index contributed by atoms with van der Waals surface area (Å²) in [5.74, 6) is 0.640. The molecule has 0 fully saturated rings. The molecule has 2 N–H and O–H groups in total. The first kappa shape index (κ1) is 18.2. The second-order valence-electron chi connectivity index (χ2n) is 6.52. The molecule has 7 heteroatoms. The number of nitrogens with zero attached hydrogens (tertiary/aromatic N) is 1.